The first kappa shape index (κ1) is 12.4. The summed E-state index contributed by atoms with van der Waals surface area (Å²) in [6, 6.07) is 4.10. The second kappa shape index (κ2) is 4.48. The average molecular weight is 271 g/mol. The lowest BCUT2D eigenvalue weighted by Crippen LogP contribution is -2.33. The molecule has 18 heavy (non-hydrogen) atoms. The SMILES string of the molecule is Fc1cccc(F)c1CC1(CCl)CC2CCC1C2. The smallest absolute Gasteiger partial charge is 0.129 e. The van der Waals surface area contributed by atoms with Crippen molar-refractivity contribution in [3.63, 3.8) is 0 Å². The van der Waals surface area contributed by atoms with Crippen molar-refractivity contribution in [2.24, 2.45) is 17.3 Å². The van der Waals surface area contributed by atoms with Crippen LogP contribution >= 0.6 is 11.6 Å². The number of hydrogen-bond donors (Lipinski definition) is 0. The Morgan fingerprint density at radius 3 is 2.44 bits per heavy atom. The molecule has 2 aliphatic rings. The Hall–Kier alpha value is -0.630. The Morgan fingerprint density at radius 2 is 1.94 bits per heavy atom. The van der Waals surface area contributed by atoms with Gasteiger partial charge in [0.05, 0.1) is 0 Å². The Labute approximate surface area is 111 Å². The third kappa shape index (κ3) is 1.85. The van der Waals surface area contributed by atoms with Gasteiger partial charge in [-0.25, -0.2) is 8.78 Å². The first-order chi connectivity index (χ1) is 8.64. The minimum absolute atomic E-state index is 0.0759. The molecule has 3 heteroatoms. The molecule has 2 fully saturated rings. The molecule has 0 amide bonds. The highest BCUT2D eigenvalue weighted by Crippen LogP contribution is 2.58. The molecule has 3 atom stereocenters. The molecule has 0 spiro atoms. The van der Waals surface area contributed by atoms with Crippen molar-refractivity contribution in [1.29, 1.82) is 0 Å². The minimum Gasteiger partial charge on any atom is -0.207 e. The van der Waals surface area contributed by atoms with Gasteiger partial charge < -0.3 is 0 Å². The van der Waals surface area contributed by atoms with E-state index in [-0.39, 0.29) is 11.0 Å². The summed E-state index contributed by atoms with van der Waals surface area (Å²) in [4.78, 5) is 0. The Kier molecular flexibility index (Phi) is 3.09. The second-order valence-corrected chi connectivity index (χ2v) is 6.22. The molecule has 0 saturated heterocycles. The fraction of sp³-hybridized carbons (Fsp3) is 0.600. The number of hydrogen-bond acceptors (Lipinski definition) is 0. The van der Waals surface area contributed by atoms with Gasteiger partial charge in [0.25, 0.3) is 0 Å². The normalized spacial score (nSPS) is 34.2. The highest BCUT2D eigenvalue weighted by atomic mass is 35.5. The van der Waals surface area contributed by atoms with Crippen LogP contribution in [0.25, 0.3) is 0 Å². The molecule has 0 radical (unpaired) electrons. The third-order valence-electron chi connectivity index (χ3n) is 4.96. The first-order valence-electron chi connectivity index (χ1n) is 6.63. The van der Waals surface area contributed by atoms with Crippen LogP contribution in [0.2, 0.25) is 0 Å². The van der Waals surface area contributed by atoms with Crippen LogP contribution in [0.15, 0.2) is 18.2 Å². The molecule has 98 valence electrons. The fourth-order valence-corrected chi connectivity index (χ4v) is 4.46. The molecule has 2 bridgehead atoms. The van der Waals surface area contributed by atoms with Crippen LogP contribution < -0.4 is 0 Å². The van der Waals surface area contributed by atoms with Gasteiger partial charge in [0.2, 0.25) is 0 Å². The van der Waals surface area contributed by atoms with Crippen LogP contribution in [-0.2, 0) is 6.42 Å². The quantitative estimate of drug-likeness (QED) is 0.707. The van der Waals surface area contributed by atoms with E-state index >= 15 is 0 Å². The number of alkyl halides is 1. The largest absolute Gasteiger partial charge is 0.207 e. The number of benzene rings is 1. The monoisotopic (exact) mass is 270 g/mol. The zero-order valence-corrected chi connectivity index (χ0v) is 11.0. The molecule has 2 saturated carbocycles. The molecule has 0 nitrogen and oxygen atoms in total. The fourth-order valence-electron chi connectivity index (χ4n) is 4.04. The van der Waals surface area contributed by atoms with E-state index in [4.69, 9.17) is 11.6 Å². The molecule has 0 aromatic heterocycles. The summed E-state index contributed by atoms with van der Waals surface area (Å²) in [7, 11) is 0. The predicted molar refractivity (Wildman–Crippen MR) is 68.7 cm³/mol. The lowest BCUT2D eigenvalue weighted by Gasteiger charge is -2.36. The molecule has 0 heterocycles. The lowest BCUT2D eigenvalue weighted by atomic mass is 9.70. The summed E-state index contributed by atoms with van der Waals surface area (Å²) in [5.41, 5.74) is 0.152. The molecule has 1 aromatic carbocycles. The van der Waals surface area contributed by atoms with Crippen LogP contribution in [-0.4, -0.2) is 5.88 Å². The predicted octanol–water partition coefficient (Wildman–Crippen LogP) is 4.55. The molecule has 1 aromatic rings. The molecular formula is C15H17ClF2. The van der Waals surface area contributed by atoms with Crippen LogP contribution in [0, 0.1) is 28.9 Å². The number of fused-ring (bicyclic) bond motifs is 2. The highest BCUT2D eigenvalue weighted by Gasteiger charge is 2.50. The maximum absolute atomic E-state index is 13.8. The third-order valence-corrected chi connectivity index (χ3v) is 5.49. The molecule has 2 aliphatic carbocycles. The second-order valence-electron chi connectivity index (χ2n) is 5.95. The molecule has 0 N–H and O–H groups in total. The van der Waals surface area contributed by atoms with E-state index in [1.54, 1.807) is 0 Å². The van der Waals surface area contributed by atoms with Crippen molar-refractivity contribution in [3.8, 4) is 0 Å². The topological polar surface area (TPSA) is 0 Å². The van der Waals surface area contributed by atoms with Gasteiger partial charge in [0, 0.05) is 11.4 Å². The van der Waals surface area contributed by atoms with Crippen molar-refractivity contribution >= 4 is 11.6 Å². The van der Waals surface area contributed by atoms with Crippen molar-refractivity contribution in [1.82, 2.24) is 0 Å². The molecule has 3 unspecified atom stereocenters. The van der Waals surface area contributed by atoms with Crippen molar-refractivity contribution < 1.29 is 8.78 Å². The highest BCUT2D eigenvalue weighted by molar-refractivity contribution is 6.18. The van der Waals surface area contributed by atoms with E-state index in [1.165, 1.54) is 37.5 Å². The summed E-state index contributed by atoms with van der Waals surface area (Å²) in [6.45, 7) is 0. The molecule has 0 aliphatic heterocycles. The van der Waals surface area contributed by atoms with E-state index in [2.05, 4.69) is 0 Å². The van der Waals surface area contributed by atoms with Crippen LogP contribution in [0.4, 0.5) is 8.78 Å². The number of halogens is 3. The zero-order chi connectivity index (χ0) is 12.8. The van der Waals surface area contributed by atoms with Crippen LogP contribution in [0.5, 0.6) is 0 Å². The maximum Gasteiger partial charge on any atom is 0.129 e. The molecular weight excluding hydrogens is 254 g/mol. The maximum atomic E-state index is 13.8. The van der Waals surface area contributed by atoms with Gasteiger partial charge in [-0.2, -0.15) is 0 Å². The zero-order valence-electron chi connectivity index (χ0n) is 10.3. The minimum atomic E-state index is -0.428. The lowest BCUT2D eigenvalue weighted by molar-refractivity contribution is 0.189. The van der Waals surface area contributed by atoms with E-state index < -0.39 is 11.6 Å². The van der Waals surface area contributed by atoms with Gasteiger partial charge in [0.1, 0.15) is 11.6 Å². The Balaban J connectivity index is 1.91. The summed E-state index contributed by atoms with van der Waals surface area (Å²) in [5, 5.41) is 0. The average Bonchev–Trinajstić information content (AvgIpc) is 2.95. The van der Waals surface area contributed by atoms with E-state index in [0.29, 0.717) is 18.2 Å². The van der Waals surface area contributed by atoms with Gasteiger partial charge in [0.15, 0.2) is 0 Å². The Bertz CT molecular complexity index is 440. The summed E-state index contributed by atoms with van der Waals surface area (Å²) in [6.07, 6.45) is 5.13. The van der Waals surface area contributed by atoms with Crippen molar-refractivity contribution in [3.05, 3.63) is 35.4 Å². The van der Waals surface area contributed by atoms with Gasteiger partial charge >= 0.3 is 0 Å². The van der Waals surface area contributed by atoms with Crippen LogP contribution in [0.3, 0.4) is 0 Å². The Morgan fingerprint density at radius 1 is 1.22 bits per heavy atom. The van der Waals surface area contributed by atoms with Crippen LogP contribution in [0.1, 0.15) is 31.2 Å². The van der Waals surface area contributed by atoms with E-state index in [0.717, 1.165) is 12.3 Å². The van der Waals surface area contributed by atoms with E-state index in [1.807, 2.05) is 0 Å². The van der Waals surface area contributed by atoms with Gasteiger partial charge in [-0.15, -0.1) is 11.6 Å². The summed E-state index contributed by atoms with van der Waals surface area (Å²) >= 11 is 6.17. The standard InChI is InChI=1S/C15H17ClF2/c16-9-15(7-10-4-5-11(15)6-10)8-12-13(17)2-1-3-14(12)18/h1-3,10-11H,4-9H2. The first-order valence-corrected chi connectivity index (χ1v) is 7.17. The van der Waals surface area contributed by atoms with Gasteiger partial charge in [-0.3, -0.25) is 0 Å². The summed E-state index contributed by atoms with van der Waals surface area (Å²) in [5.74, 6) is 0.939. The van der Waals surface area contributed by atoms with Gasteiger partial charge in [-0.05, 0) is 55.1 Å². The van der Waals surface area contributed by atoms with Crippen molar-refractivity contribution in [2.75, 3.05) is 5.88 Å². The van der Waals surface area contributed by atoms with E-state index in [9.17, 15) is 8.78 Å². The van der Waals surface area contributed by atoms with Gasteiger partial charge in [-0.1, -0.05) is 12.5 Å². The molecule has 3 rings (SSSR count). The summed E-state index contributed by atoms with van der Waals surface area (Å²) < 4.78 is 27.5. The van der Waals surface area contributed by atoms with Crippen molar-refractivity contribution in [2.45, 2.75) is 32.1 Å². The number of rotatable bonds is 3.